The number of carboxylic acid groups (broad SMARTS) is 1. The van der Waals surface area contributed by atoms with Gasteiger partial charge in [-0.2, -0.15) is 0 Å². The molecule has 3 atom stereocenters. The van der Waals surface area contributed by atoms with Crippen LogP contribution in [0.4, 0.5) is 0 Å². The summed E-state index contributed by atoms with van der Waals surface area (Å²) in [5.41, 5.74) is 0. The predicted molar refractivity (Wildman–Crippen MR) is 118 cm³/mol. The SMILES string of the molecule is CCCCCCCCC1CN2CCN(C)CCCN(CC2)CCN(CC(=O)[O-])C1. The molecular weight excluding hydrogens is 364 g/mol. The van der Waals surface area contributed by atoms with E-state index in [2.05, 4.69) is 33.6 Å². The Kier molecular flexibility index (Phi) is 12.2. The van der Waals surface area contributed by atoms with Crippen molar-refractivity contribution >= 4 is 5.97 Å². The molecule has 2 rings (SSSR count). The maximum absolute atomic E-state index is 11.3. The van der Waals surface area contributed by atoms with E-state index in [9.17, 15) is 9.90 Å². The van der Waals surface area contributed by atoms with E-state index < -0.39 is 5.97 Å². The highest BCUT2D eigenvalue weighted by molar-refractivity contribution is 5.66. The zero-order valence-corrected chi connectivity index (χ0v) is 19.1. The van der Waals surface area contributed by atoms with E-state index in [1.54, 1.807) is 0 Å². The van der Waals surface area contributed by atoms with Crippen LogP contribution in [0, 0.1) is 5.92 Å². The van der Waals surface area contributed by atoms with Gasteiger partial charge in [0.15, 0.2) is 0 Å². The van der Waals surface area contributed by atoms with E-state index in [1.165, 1.54) is 51.4 Å². The zero-order chi connectivity index (χ0) is 20.9. The Balaban J connectivity index is 1.97. The Bertz CT molecular complexity index is 449. The standard InChI is InChI=1S/C23H46N4O2/c1-3-4-5-6-7-8-10-22-19-26-14-13-24(2)11-9-12-25(15-17-26)16-18-27(20-22)21-23(28)29/h22H,3-21H2,1-2H3,(H,28,29)/p-1. The summed E-state index contributed by atoms with van der Waals surface area (Å²) in [5.74, 6) is -0.383. The van der Waals surface area contributed by atoms with Crippen LogP contribution in [0.1, 0.15) is 58.3 Å². The smallest absolute Gasteiger partial charge is 0.0555 e. The van der Waals surface area contributed by atoms with E-state index in [0.717, 1.165) is 65.4 Å². The van der Waals surface area contributed by atoms with Crippen molar-refractivity contribution in [1.82, 2.24) is 19.6 Å². The van der Waals surface area contributed by atoms with Crippen molar-refractivity contribution in [3.05, 3.63) is 0 Å². The first-order chi connectivity index (χ1) is 14.1. The van der Waals surface area contributed by atoms with Crippen LogP contribution in [-0.2, 0) is 4.79 Å². The van der Waals surface area contributed by atoms with Crippen LogP contribution in [0.3, 0.4) is 0 Å². The summed E-state index contributed by atoms with van der Waals surface area (Å²) in [4.78, 5) is 21.1. The molecule has 6 heteroatoms. The molecule has 2 aliphatic rings. The molecule has 170 valence electrons. The maximum atomic E-state index is 11.3. The summed E-state index contributed by atoms with van der Waals surface area (Å²) in [7, 11) is 2.24. The highest BCUT2D eigenvalue weighted by atomic mass is 16.4. The Labute approximate surface area is 179 Å². The number of carbonyl (C=O) groups is 1. The molecule has 0 aliphatic carbocycles. The minimum Gasteiger partial charge on any atom is -0.549 e. The molecule has 0 aromatic carbocycles. The highest BCUT2D eigenvalue weighted by Gasteiger charge is 2.22. The third-order valence-electron chi connectivity index (χ3n) is 6.63. The highest BCUT2D eigenvalue weighted by Crippen LogP contribution is 2.17. The predicted octanol–water partition coefficient (Wildman–Crippen LogP) is 1.36. The largest absolute Gasteiger partial charge is 0.549 e. The van der Waals surface area contributed by atoms with E-state index >= 15 is 0 Å². The fourth-order valence-electron chi connectivity index (χ4n) is 4.79. The number of carboxylic acids is 1. The monoisotopic (exact) mass is 409 g/mol. The number of rotatable bonds is 9. The molecule has 6 nitrogen and oxygen atoms in total. The summed E-state index contributed by atoms with van der Waals surface area (Å²) in [6, 6.07) is 0. The lowest BCUT2D eigenvalue weighted by atomic mass is 9.98. The van der Waals surface area contributed by atoms with Crippen molar-refractivity contribution in [3.8, 4) is 0 Å². The Hall–Kier alpha value is -0.690. The van der Waals surface area contributed by atoms with Gasteiger partial charge in [-0.25, -0.2) is 0 Å². The Morgan fingerprint density at radius 2 is 1.52 bits per heavy atom. The van der Waals surface area contributed by atoms with Crippen LogP contribution >= 0.6 is 0 Å². The van der Waals surface area contributed by atoms with Gasteiger partial charge in [-0.05, 0) is 38.9 Å². The van der Waals surface area contributed by atoms with Gasteiger partial charge in [0.1, 0.15) is 0 Å². The first-order valence-electron chi connectivity index (χ1n) is 12.1. The summed E-state index contributed by atoms with van der Waals surface area (Å²) < 4.78 is 0. The molecule has 0 amide bonds. The molecule has 2 fully saturated rings. The number of unbranched alkanes of at least 4 members (excludes halogenated alkanes) is 5. The van der Waals surface area contributed by atoms with Gasteiger partial charge in [-0.15, -0.1) is 0 Å². The van der Waals surface area contributed by atoms with Crippen molar-refractivity contribution < 1.29 is 9.90 Å². The van der Waals surface area contributed by atoms with Crippen molar-refractivity contribution in [2.75, 3.05) is 79.0 Å². The second-order valence-electron chi connectivity index (χ2n) is 9.33. The third kappa shape index (κ3) is 10.8. The number of fused-ring (bicyclic) bond motifs is 3. The molecule has 0 spiro atoms. The average molecular weight is 410 g/mol. The van der Waals surface area contributed by atoms with Crippen LogP contribution < -0.4 is 5.11 Å². The van der Waals surface area contributed by atoms with Crippen LogP contribution in [-0.4, -0.2) is 105 Å². The Morgan fingerprint density at radius 1 is 0.828 bits per heavy atom. The number of hydrogen-bond acceptors (Lipinski definition) is 6. The lowest BCUT2D eigenvalue weighted by Gasteiger charge is -2.38. The zero-order valence-electron chi connectivity index (χ0n) is 19.1. The summed E-state index contributed by atoms with van der Waals surface area (Å²) in [5, 5.41) is 11.3. The van der Waals surface area contributed by atoms with Gasteiger partial charge in [0.25, 0.3) is 0 Å². The number of nitrogens with zero attached hydrogens (tertiary/aromatic N) is 4. The van der Waals surface area contributed by atoms with E-state index in [1.807, 2.05) is 0 Å². The first-order valence-corrected chi connectivity index (χ1v) is 12.1. The molecule has 3 unspecified atom stereocenters. The molecule has 29 heavy (non-hydrogen) atoms. The molecule has 2 aliphatic heterocycles. The van der Waals surface area contributed by atoms with Gasteiger partial charge in [0, 0.05) is 58.9 Å². The van der Waals surface area contributed by atoms with Gasteiger partial charge >= 0.3 is 0 Å². The fraction of sp³-hybridized carbons (Fsp3) is 0.957. The summed E-state index contributed by atoms with van der Waals surface area (Å²) >= 11 is 0. The molecule has 2 heterocycles. The van der Waals surface area contributed by atoms with Crippen molar-refractivity contribution in [2.45, 2.75) is 58.3 Å². The van der Waals surface area contributed by atoms with Gasteiger partial charge in [-0.1, -0.05) is 45.4 Å². The molecule has 0 aromatic rings. The average Bonchev–Trinajstić information content (AvgIpc) is 2.68. The quantitative estimate of drug-likeness (QED) is 0.536. The van der Waals surface area contributed by atoms with Crippen LogP contribution in [0.25, 0.3) is 0 Å². The van der Waals surface area contributed by atoms with Crippen LogP contribution in [0.5, 0.6) is 0 Å². The summed E-state index contributed by atoms with van der Waals surface area (Å²) in [6.07, 6.45) is 10.3. The molecule has 0 saturated carbocycles. The normalized spacial score (nSPS) is 28.3. The number of aliphatic carboxylic acids is 1. The molecule has 0 aromatic heterocycles. The van der Waals surface area contributed by atoms with Crippen LogP contribution in [0.15, 0.2) is 0 Å². The van der Waals surface area contributed by atoms with Crippen molar-refractivity contribution in [3.63, 3.8) is 0 Å². The van der Waals surface area contributed by atoms with E-state index in [-0.39, 0.29) is 6.54 Å². The molecular formula is C23H45N4O2-. The lowest BCUT2D eigenvalue weighted by molar-refractivity contribution is -0.306. The number of hydrogen-bond donors (Lipinski definition) is 0. The van der Waals surface area contributed by atoms with Crippen molar-refractivity contribution in [1.29, 1.82) is 0 Å². The molecule has 0 radical (unpaired) electrons. The van der Waals surface area contributed by atoms with Gasteiger partial charge in [0.2, 0.25) is 0 Å². The minimum atomic E-state index is -0.938. The topological polar surface area (TPSA) is 53.1 Å². The van der Waals surface area contributed by atoms with E-state index in [4.69, 9.17) is 0 Å². The minimum absolute atomic E-state index is 0.0730. The molecule has 2 bridgehead atoms. The maximum Gasteiger partial charge on any atom is 0.0555 e. The molecule has 2 saturated heterocycles. The van der Waals surface area contributed by atoms with Crippen LogP contribution in [0.2, 0.25) is 0 Å². The van der Waals surface area contributed by atoms with Gasteiger partial charge in [0.05, 0.1) is 5.97 Å². The second kappa shape index (κ2) is 14.3. The lowest BCUT2D eigenvalue weighted by Crippen LogP contribution is -2.50. The number of likely N-dealkylation sites (N-methyl/N-ethyl adjacent to an activating group) is 1. The Morgan fingerprint density at radius 3 is 2.31 bits per heavy atom. The second-order valence-corrected chi connectivity index (χ2v) is 9.33. The number of carbonyl (C=O) groups excluding carboxylic acids is 1. The van der Waals surface area contributed by atoms with E-state index in [0.29, 0.717) is 5.92 Å². The van der Waals surface area contributed by atoms with Crippen molar-refractivity contribution in [2.24, 2.45) is 5.92 Å². The first kappa shape index (κ1) is 24.6. The third-order valence-corrected chi connectivity index (χ3v) is 6.63. The fourth-order valence-corrected chi connectivity index (χ4v) is 4.79. The van der Waals surface area contributed by atoms with Gasteiger partial charge < -0.3 is 24.6 Å². The van der Waals surface area contributed by atoms with Gasteiger partial charge in [-0.3, -0.25) is 4.90 Å². The molecule has 0 N–H and O–H groups in total. The summed E-state index contributed by atoms with van der Waals surface area (Å²) in [6.45, 7) is 12.9.